The number of hydrogen-bond donors (Lipinski definition) is 1. The van der Waals surface area contributed by atoms with Gasteiger partial charge >= 0.3 is 12.5 Å². The van der Waals surface area contributed by atoms with Gasteiger partial charge in [-0.3, -0.25) is 4.57 Å². The molecule has 3 aromatic rings. The summed E-state index contributed by atoms with van der Waals surface area (Å²) in [5.74, 6) is -1.13. The normalized spacial score (nSPS) is 12.0. The third-order valence-electron chi connectivity index (χ3n) is 3.32. The first-order valence-electron chi connectivity index (χ1n) is 6.80. The lowest BCUT2D eigenvalue weighted by molar-refractivity contribution is 0.0389. The Morgan fingerprint density at radius 1 is 1.32 bits per heavy atom. The van der Waals surface area contributed by atoms with Gasteiger partial charge in [0.05, 0.1) is 11.0 Å². The summed E-state index contributed by atoms with van der Waals surface area (Å²) in [4.78, 5) is 15.5. The first-order valence-corrected chi connectivity index (χ1v) is 9.23. The Morgan fingerprint density at radius 3 is 2.72 bits per heavy atom. The molecule has 1 aromatic carbocycles. The van der Waals surface area contributed by atoms with Crippen molar-refractivity contribution >= 4 is 38.4 Å². The summed E-state index contributed by atoms with van der Waals surface area (Å²) in [6.07, 6.45) is 0. The quantitative estimate of drug-likeness (QED) is 0.678. The highest BCUT2D eigenvalue weighted by Gasteiger charge is 2.24. The van der Waals surface area contributed by atoms with Crippen molar-refractivity contribution in [2.45, 2.75) is 18.1 Å². The number of esters is 1. The van der Waals surface area contributed by atoms with Crippen molar-refractivity contribution in [3.63, 3.8) is 0 Å². The van der Waals surface area contributed by atoms with E-state index < -0.39 is 29.1 Å². The van der Waals surface area contributed by atoms with E-state index in [9.17, 15) is 22.0 Å². The first-order chi connectivity index (χ1) is 11.8. The van der Waals surface area contributed by atoms with E-state index in [0.29, 0.717) is 10.1 Å². The maximum Gasteiger partial charge on any atom is 0.350 e. The molecule has 3 rings (SSSR count). The molecule has 11 heteroatoms. The van der Waals surface area contributed by atoms with Gasteiger partial charge in [-0.25, -0.2) is 23.3 Å². The van der Waals surface area contributed by atoms with Gasteiger partial charge in [-0.1, -0.05) is 12.1 Å². The number of aromatic nitrogens is 2. The number of hydrogen-bond acceptors (Lipinski definition) is 6. The number of primary sulfonamides is 1. The maximum atomic E-state index is 13.3. The highest BCUT2D eigenvalue weighted by molar-refractivity contribution is 7.89. The van der Waals surface area contributed by atoms with Crippen LogP contribution in [-0.4, -0.2) is 23.9 Å². The van der Waals surface area contributed by atoms with Crippen LogP contribution in [0.4, 0.5) is 8.78 Å². The number of benzene rings is 1. The number of carbonyl (C=O) groups is 1. The Hall–Kier alpha value is -2.37. The van der Waals surface area contributed by atoms with E-state index in [0.717, 1.165) is 11.3 Å². The fourth-order valence-electron chi connectivity index (χ4n) is 2.28. The van der Waals surface area contributed by atoms with Crippen molar-refractivity contribution in [2.75, 3.05) is 0 Å². The molecule has 0 unspecified atom stereocenters. The predicted molar refractivity (Wildman–Crippen MR) is 85.8 cm³/mol. The van der Waals surface area contributed by atoms with Gasteiger partial charge in [0.15, 0.2) is 5.82 Å². The SMILES string of the molecule is NS(=O)(=O)c1ccsc1C(=O)OCc1nc2ccccc2n1C(F)F. The van der Waals surface area contributed by atoms with Crippen LogP contribution >= 0.6 is 11.3 Å². The van der Waals surface area contributed by atoms with Gasteiger partial charge in [-0.15, -0.1) is 11.3 Å². The van der Waals surface area contributed by atoms with E-state index in [-0.39, 0.29) is 21.1 Å². The van der Waals surface area contributed by atoms with Crippen molar-refractivity contribution < 1.29 is 26.7 Å². The van der Waals surface area contributed by atoms with Crippen molar-refractivity contribution in [3.8, 4) is 0 Å². The van der Waals surface area contributed by atoms with E-state index in [1.165, 1.54) is 17.5 Å². The zero-order valence-electron chi connectivity index (χ0n) is 12.4. The second-order valence-electron chi connectivity index (χ2n) is 4.90. The Labute approximate surface area is 144 Å². The van der Waals surface area contributed by atoms with Crippen LogP contribution in [0.25, 0.3) is 11.0 Å². The predicted octanol–water partition coefficient (Wildman–Crippen LogP) is 2.50. The summed E-state index contributed by atoms with van der Waals surface area (Å²) >= 11 is 0.826. The molecular weight excluding hydrogens is 376 g/mol. The Balaban J connectivity index is 1.87. The number of imidazole rings is 1. The molecule has 0 saturated heterocycles. The minimum Gasteiger partial charge on any atom is -0.453 e. The molecule has 0 aliphatic carbocycles. The van der Waals surface area contributed by atoms with Crippen LogP contribution in [0.5, 0.6) is 0 Å². The summed E-state index contributed by atoms with van der Waals surface area (Å²) < 4.78 is 55.0. The maximum absolute atomic E-state index is 13.3. The second-order valence-corrected chi connectivity index (χ2v) is 7.35. The van der Waals surface area contributed by atoms with E-state index >= 15 is 0 Å². The fraction of sp³-hybridized carbons (Fsp3) is 0.143. The van der Waals surface area contributed by atoms with E-state index in [1.54, 1.807) is 18.2 Å². The van der Waals surface area contributed by atoms with Gasteiger partial charge in [-0.2, -0.15) is 8.78 Å². The van der Waals surface area contributed by atoms with Crippen molar-refractivity contribution in [3.05, 3.63) is 46.4 Å². The summed E-state index contributed by atoms with van der Waals surface area (Å²) in [5.41, 5.74) is 0.528. The molecule has 0 aliphatic heterocycles. The number of ether oxygens (including phenoxy) is 1. The number of thiophene rings is 1. The monoisotopic (exact) mass is 387 g/mol. The van der Waals surface area contributed by atoms with Gasteiger partial charge in [0.1, 0.15) is 16.4 Å². The summed E-state index contributed by atoms with van der Waals surface area (Å²) in [6, 6.07) is 7.43. The molecule has 2 N–H and O–H groups in total. The van der Waals surface area contributed by atoms with Crippen LogP contribution in [-0.2, 0) is 21.4 Å². The van der Waals surface area contributed by atoms with E-state index in [1.807, 2.05) is 0 Å². The smallest absolute Gasteiger partial charge is 0.350 e. The first kappa shape index (κ1) is 17.5. The number of nitrogens with zero attached hydrogens (tertiary/aromatic N) is 2. The number of rotatable bonds is 5. The average molecular weight is 387 g/mol. The van der Waals surface area contributed by atoms with Crippen LogP contribution in [0, 0.1) is 0 Å². The molecule has 0 atom stereocenters. The molecule has 0 aliphatic rings. The molecule has 132 valence electrons. The number of fused-ring (bicyclic) bond motifs is 1. The summed E-state index contributed by atoms with van der Waals surface area (Å²) in [7, 11) is -4.09. The Morgan fingerprint density at radius 2 is 2.04 bits per heavy atom. The Bertz CT molecular complexity index is 1040. The number of sulfonamides is 1. The third kappa shape index (κ3) is 3.38. The van der Waals surface area contributed by atoms with Gasteiger partial charge in [-0.05, 0) is 23.6 Å². The topological polar surface area (TPSA) is 104 Å². The average Bonchev–Trinajstić information content (AvgIpc) is 3.16. The molecule has 2 heterocycles. The van der Waals surface area contributed by atoms with E-state index in [2.05, 4.69) is 4.98 Å². The zero-order chi connectivity index (χ0) is 18.2. The zero-order valence-corrected chi connectivity index (χ0v) is 14.1. The molecule has 2 aromatic heterocycles. The van der Waals surface area contributed by atoms with Gasteiger partial charge in [0.2, 0.25) is 10.0 Å². The molecule has 0 radical (unpaired) electrons. The van der Waals surface area contributed by atoms with Gasteiger partial charge in [0.25, 0.3) is 0 Å². The van der Waals surface area contributed by atoms with Crippen molar-refractivity contribution in [1.82, 2.24) is 9.55 Å². The number of nitrogens with two attached hydrogens (primary N) is 1. The molecule has 0 fully saturated rings. The van der Waals surface area contributed by atoms with Crippen molar-refractivity contribution in [1.29, 1.82) is 0 Å². The molecule has 25 heavy (non-hydrogen) atoms. The minimum absolute atomic E-state index is 0.154. The summed E-state index contributed by atoms with van der Waals surface area (Å²) in [5, 5.41) is 6.38. The standard InChI is InChI=1S/C14H11F2N3O4S2/c15-14(16)19-9-4-2-1-3-8(9)18-11(19)7-23-13(20)12-10(5-6-24-12)25(17,21)22/h1-6,14H,7H2,(H2,17,21,22). The highest BCUT2D eigenvalue weighted by atomic mass is 32.2. The van der Waals surface area contributed by atoms with Crippen LogP contribution < -0.4 is 5.14 Å². The number of carbonyl (C=O) groups excluding carboxylic acids is 1. The number of alkyl halides is 2. The highest BCUT2D eigenvalue weighted by Crippen LogP contribution is 2.25. The molecule has 0 spiro atoms. The van der Waals surface area contributed by atoms with Crippen LogP contribution in [0.3, 0.4) is 0 Å². The molecular formula is C14H11F2N3O4S2. The number of halogens is 2. The van der Waals surface area contributed by atoms with Gasteiger partial charge in [0, 0.05) is 0 Å². The molecule has 0 bridgehead atoms. The minimum atomic E-state index is -4.09. The van der Waals surface area contributed by atoms with Crippen molar-refractivity contribution in [2.24, 2.45) is 5.14 Å². The second kappa shape index (κ2) is 6.50. The lowest BCUT2D eigenvalue weighted by atomic mass is 10.3. The van der Waals surface area contributed by atoms with Gasteiger partial charge < -0.3 is 4.74 Å². The number of para-hydroxylation sites is 2. The Kier molecular flexibility index (Phi) is 4.54. The third-order valence-corrected chi connectivity index (χ3v) is 5.29. The molecule has 0 amide bonds. The lowest BCUT2D eigenvalue weighted by Gasteiger charge is -2.08. The summed E-state index contributed by atoms with van der Waals surface area (Å²) in [6.45, 7) is -3.41. The fourth-order valence-corrected chi connectivity index (χ4v) is 4.14. The van der Waals surface area contributed by atoms with Crippen LogP contribution in [0.15, 0.2) is 40.6 Å². The molecule has 0 saturated carbocycles. The largest absolute Gasteiger partial charge is 0.453 e. The molecule has 7 nitrogen and oxygen atoms in total. The van der Waals surface area contributed by atoms with Crippen LogP contribution in [0.1, 0.15) is 22.0 Å². The van der Waals surface area contributed by atoms with Crippen LogP contribution in [0.2, 0.25) is 0 Å². The lowest BCUT2D eigenvalue weighted by Crippen LogP contribution is -2.16. The van der Waals surface area contributed by atoms with E-state index in [4.69, 9.17) is 9.88 Å².